The van der Waals surface area contributed by atoms with Crippen molar-refractivity contribution in [2.45, 2.75) is 45.9 Å². The first-order valence-electron chi connectivity index (χ1n) is 9.77. The fourth-order valence-electron chi connectivity index (χ4n) is 3.13. The van der Waals surface area contributed by atoms with E-state index in [1.807, 2.05) is 25.4 Å². The minimum absolute atomic E-state index is 0.0450. The van der Waals surface area contributed by atoms with Gasteiger partial charge in [-0.15, -0.1) is 0 Å². The van der Waals surface area contributed by atoms with Gasteiger partial charge in [0.1, 0.15) is 17.4 Å². The molecule has 0 aliphatic rings. The van der Waals surface area contributed by atoms with Crippen molar-refractivity contribution in [1.29, 1.82) is 0 Å². The van der Waals surface area contributed by atoms with E-state index in [0.29, 0.717) is 18.7 Å². The van der Waals surface area contributed by atoms with E-state index in [2.05, 4.69) is 28.7 Å². The Morgan fingerprint density at radius 2 is 1.97 bits per heavy atom. The van der Waals surface area contributed by atoms with E-state index in [1.54, 1.807) is 24.3 Å². The number of carbonyl (C=O) groups is 1. The highest BCUT2D eigenvalue weighted by Crippen LogP contribution is 2.31. The molecule has 7 nitrogen and oxygen atoms in total. The molecule has 1 atom stereocenters. The zero-order valence-corrected chi connectivity index (χ0v) is 16.9. The molecule has 0 saturated carbocycles. The van der Waals surface area contributed by atoms with Crippen molar-refractivity contribution in [3.05, 3.63) is 53.9 Å². The number of imidazole rings is 1. The smallest absolute Gasteiger partial charge is 0.335 e. The number of aromatic carboxylic acids is 1. The molecule has 0 bridgehead atoms. The quantitative estimate of drug-likeness (QED) is 0.503. The molecule has 0 aliphatic heterocycles. The van der Waals surface area contributed by atoms with Gasteiger partial charge in [0.15, 0.2) is 0 Å². The summed E-state index contributed by atoms with van der Waals surface area (Å²) in [5, 5.41) is 21.9. The van der Waals surface area contributed by atoms with Gasteiger partial charge >= 0.3 is 5.97 Å². The van der Waals surface area contributed by atoms with E-state index in [1.165, 1.54) is 0 Å². The Morgan fingerprint density at radius 1 is 1.24 bits per heavy atom. The molecule has 0 aliphatic carbocycles. The highest BCUT2D eigenvalue weighted by Gasteiger charge is 2.15. The first kappa shape index (κ1) is 20.7. The van der Waals surface area contributed by atoms with Gasteiger partial charge in [-0.05, 0) is 38.0 Å². The molecule has 2 aromatic carbocycles. The highest BCUT2D eigenvalue weighted by atomic mass is 16.5. The molecule has 1 heterocycles. The largest absolute Gasteiger partial charge is 0.488 e. The number of ether oxygens (including phenoxy) is 1. The number of anilines is 1. The van der Waals surface area contributed by atoms with E-state index in [-0.39, 0.29) is 24.3 Å². The van der Waals surface area contributed by atoms with Gasteiger partial charge < -0.3 is 24.8 Å². The number of carboxylic acids is 1. The number of carboxylic acid groups (broad SMARTS) is 1. The van der Waals surface area contributed by atoms with Gasteiger partial charge in [-0.1, -0.05) is 19.1 Å². The Morgan fingerprint density at radius 3 is 2.55 bits per heavy atom. The number of benzene rings is 2. The molecule has 3 rings (SSSR count). The summed E-state index contributed by atoms with van der Waals surface area (Å²) in [7, 11) is 0. The SMILES string of the molecule is CCC(CO)Oc1cc(NCc2ccc(C(=O)O)cc2)c2ncn(C(C)C)c2c1. The molecule has 154 valence electrons. The van der Waals surface area contributed by atoms with Crippen LogP contribution in [0.15, 0.2) is 42.7 Å². The molecule has 0 amide bonds. The molecular formula is C22H27N3O4. The van der Waals surface area contributed by atoms with Gasteiger partial charge in [-0.3, -0.25) is 0 Å². The molecule has 0 saturated heterocycles. The van der Waals surface area contributed by atoms with Crippen LogP contribution >= 0.6 is 0 Å². The second-order valence-electron chi connectivity index (χ2n) is 7.27. The van der Waals surface area contributed by atoms with E-state index < -0.39 is 5.97 Å². The third kappa shape index (κ3) is 4.68. The molecular weight excluding hydrogens is 370 g/mol. The molecule has 1 unspecified atom stereocenters. The Labute approximate surface area is 170 Å². The Hall–Kier alpha value is -3.06. The molecule has 0 radical (unpaired) electrons. The maximum absolute atomic E-state index is 11.0. The summed E-state index contributed by atoms with van der Waals surface area (Å²) in [6, 6.07) is 10.9. The maximum atomic E-state index is 11.0. The number of hydrogen-bond acceptors (Lipinski definition) is 5. The fraction of sp³-hybridized carbons (Fsp3) is 0.364. The summed E-state index contributed by atoms with van der Waals surface area (Å²) in [6.45, 7) is 6.63. The van der Waals surface area contributed by atoms with Crippen LogP contribution in [0.4, 0.5) is 5.69 Å². The number of nitrogens with one attached hydrogen (secondary N) is 1. The average Bonchev–Trinajstić information content (AvgIpc) is 3.15. The van der Waals surface area contributed by atoms with Crippen molar-refractivity contribution in [3.8, 4) is 5.75 Å². The van der Waals surface area contributed by atoms with Crippen molar-refractivity contribution < 1.29 is 19.7 Å². The summed E-state index contributed by atoms with van der Waals surface area (Å²) in [5.74, 6) is -0.269. The lowest BCUT2D eigenvalue weighted by molar-refractivity contribution is 0.0697. The number of rotatable bonds is 9. The van der Waals surface area contributed by atoms with Crippen LogP contribution in [-0.4, -0.2) is 38.4 Å². The van der Waals surface area contributed by atoms with Gasteiger partial charge in [0.2, 0.25) is 0 Å². The first-order chi connectivity index (χ1) is 13.9. The standard InChI is InChI=1S/C22H27N3O4/c1-4-17(12-26)29-18-9-19(21-20(10-18)25(13-24-21)14(2)3)23-11-15-5-7-16(8-6-15)22(27)28/h5-10,13-14,17,23,26H,4,11-12H2,1-3H3,(H,27,28). The maximum Gasteiger partial charge on any atom is 0.335 e. The molecule has 29 heavy (non-hydrogen) atoms. The number of hydrogen-bond donors (Lipinski definition) is 3. The number of aliphatic hydroxyl groups is 1. The summed E-state index contributed by atoms with van der Waals surface area (Å²) >= 11 is 0. The van der Waals surface area contributed by atoms with Gasteiger partial charge in [-0.2, -0.15) is 0 Å². The summed E-state index contributed by atoms with van der Waals surface area (Å²) in [6.07, 6.45) is 2.26. The summed E-state index contributed by atoms with van der Waals surface area (Å²) < 4.78 is 8.04. The monoisotopic (exact) mass is 397 g/mol. The Bertz CT molecular complexity index is 976. The Kier molecular flexibility index (Phi) is 6.39. The van der Waals surface area contributed by atoms with Crippen molar-refractivity contribution in [2.75, 3.05) is 11.9 Å². The zero-order chi connectivity index (χ0) is 21.0. The topological polar surface area (TPSA) is 96.6 Å². The van der Waals surface area contributed by atoms with Crippen LogP contribution < -0.4 is 10.1 Å². The molecule has 1 aromatic heterocycles. The van der Waals surface area contributed by atoms with Gasteiger partial charge in [0, 0.05) is 24.7 Å². The Balaban J connectivity index is 1.91. The van der Waals surface area contributed by atoms with Gasteiger partial charge in [0.05, 0.1) is 29.7 Å². The molecule has 0 spiro atoms. The number of fused-ring (bicyclic) bond motifs is 1. The predicted molar refractivity (Wildman–Crippen MR) is 113 cm³/mol. The van der Waals surface area contributed by atoms with Crippen LogP contribution in [0.25, 0.3) is 11.0 Å². The van der Waals surface area contributed by atoms with E-state index in [0.717, 1.165) is 22.3 Å². The number of nitrogens with zero attached hydrogens (tertiary/aromatic N) is 2. The summed E-state index contributed by atoms with van der Waals surface area (Å²) in [4.78, 5) is 15.6. The third-order valence-electron chi connectivity index (χ3n) is 4.85. The predicted octanol–water partition coefficient (Wildman–Crippen LogP) is 4.08. The normalized spacial score (nSPS) is 12.3. The van der Waals surface area contributed by atoms with E-state index in [9.17, 15) is 9.90 Å². The average molecular weight is 397 g/mol. The van der Waals surface area contributed by atoms with Crippen molar-refractivity contribution in [2.24, 2.45) is 0 Å². The lowest BCUT2D eigenvalue weighted by atomic mass is 10.1. The van der Waals surface area contributed by atoms with Crippen molar-refractivity contribution >= 4 is 22.7 Å². The van der Waals surface area contributed by atoms with E-state index >= 15 is 0 Å². The second-order valence-corrected chi connectivity index (χ2v) is 7.27. The van der Waals surface area contributed by atoms with Gasteiger partial charge in [-0.25, -0.2) is 9.78 Å². The van der Waals surface area contributed by atoms with Crippen molar-refractivity contribution in [3.63, 3.8) is 0 Å². The fourth-order valence-corrected chi connectivity index (χ4v) is 3.13. The van der Waals surface area contributed by atoms with Crippen LogP contribution in [0.3, 0.4) is 0 Å². The molecule has 3 aromatic rings. The lowest BCUT2D eigenvalue weighted by Crippen LogP contribution is -2.19. The van der Waals surface area contributed by atoms with Crippen molar-refractivity contribution in [1.82, 2.24) is 9.55 Å². The first-order valence-corrected chi connectivity index (χ1v) is 9.77. The molecule has 7 heteroatoms. The van der Waals surface area contributed by atoms with Crippen LogP contribution in [0.5, 0.6) is 5.75 Å². The number of aromatic nitrogens is 2. The van der Waals surface area contributed by atoms with Crippen LogP contribution in [0.2, 0.25) is 0 Å². The van der Waals surface area contributed by atoms with Crippen LogP contribution in [-0.2, 0) is 6.54 Å². The molecule has 3 N–H and O–H groups in total. The third-order valence-corrected chi connectivity index (χ3v) is 4.85. The summed E-state index contributed by atoms with van der Waals surface area (Å²) in [5.41, 5.74) is 3.84. The van der Waals surface area contributed by atoms with Gasteiger partial charge in [0.25, 0.3) is 0 Å². The minimum atomic E-state index is -0.940. The molecule has 0 fully saturated rings. The number of aliphatic hydroxyl groups excluding tert-OH is 1. The van der Waals surface area contributed by atoms with E-state index in [4.69, 9.17) is 9.84 Å². The highest BCUT2D eigenvalue weighted by molar-refractivity contribution is 5.90. The van der Waals surface area contributed by atoms with Crippen LogP contribution in [0.1, 0.15) is 49.2 Å². The van der Waals surface area contributed by atoms with Crippen LogP contribution in [0, 0.1) is 0 Å². The minimum Gasteiger partial charge on any atom is -0.488 e. The second kappa shape index (κ2) is 8.96. The zero-order valence-electron chi connectivity index (χ0n) is 16.9. The lowest BCUT2D eigenvalue weighted by Gasteiger charge is -2.17.